The number of ether oxygens (including phenoxy) is 1. The Morgan fingerprint density at radius 1 is 1.12 bits per heavy atom. The highest BCUT2D eigenvalue weighted by molar-refractivity contribution is 5.94. The van der Waals surface area contributed by atoms with E-state index in [0.717, 1.165) is 28.4 Å². The van der Waals surface area contributed by atoms with Gasteiger partial charge in [-0.15, -0.1) is 0 Å². The number of rotatable bonds is 4. The van der Waals surface area contributed by atoms with E-state index in [1.165, 1.54) is 0 Å². The average molecular weight is 347 g/mol. The Bertz CT molecular complexity index is 931. The fourth-order valence-electron chi connectivity index (χ4n) is 3.35. The van der Waals surface area contributed by atoms with Crippen LogP contribution < -0.4 is 10.1 Å². The van der Waals surface area contributed by atoms with Gasteiger partial charge in [0.1, 0.15) is 17.3 Å². The number of aromatic nitrogens is 2. The summed E-state index contributed by atoms with van der Waals surface area (Å²) >= 11 is 0. The van der Waals surface area contributed by atoms with Crippen LogP contribution in [0.4, 0.5) is 5.82 Å². The molecule has 2 aromatic carbocycles. The molecule has 26 heavy (non-hydrogen) atoms. The van der Waals surface area contributed by atoms with Crippen molar-refractivity contribution < 1.29 is 9.53 Å². The highest BCUT2D eigenvalue weighted by atomic mass is 16.5. The minimum absolute atomic E-state index is 0.0132. The first-order valence-electron chi connectivity index (χ1n) is 8.82. The number of carbonyl (C=O) groups excluding carboxylic acids is 1. The predicted molar refractivity (Wildman–Crippen MR) is 101 cm³/mol. The lowest BCUT2D eigenvalue weighted by Gasteiger charge is -2.25. The van der Waals surface area contributed by atoms with Crippen LogP contribution >= 0.6 is 0 Å². The molecule has 1 aromatic heterocycles. The number of anilines is 1. The van der Waals surface area contributed by atoms with Crippen LogP contribution in [0.3, 0.4) is 0 Å². The third kappa shape index (κ3) is 3.08. The maximum atomic E-state index is 12.3. The zero-order valence-corrected chi connectivity index (χ0v) is 14.8. The maximum absolute atomic E-state index is 12.3. The smallest absolute Gasteiger partial charge is 0.226 e. The molecule has 5 nitrogen and oxygen atoms in total. The van der Waals surface area contributed by atoms with Crippen LogP contribution in [0.1, 0.15) is 43.4 Å². The van der Waals surface area contributed by atoms with E-state index < -0.39 is 0 Å². The SMILES string of the molecule is CC(C)n1ncc2c1NC(=O)CC2c1cccc(Oc2ccccc2)c1. The zero-order valence-electron chi connectivity index (χ0n) is 14.8. The van der Waals surface area contributed by atoms with Gasteiger partial charge in [-0.2, -0.15) is 5.10 Å². The van der Waals surface area contributed by atoms with Crippen molar-refractivity contribution in [2.24, 2.45) is 0 Å². The molecule has 0 fully saturated rings. The molecule has 1 aliphatic rings. The van der Waals surface area contributed by atoms with E-state index in [0.29, 0.717) is 6.42 Å². The van der Waals surface area contributed by atoms with Gasteiger partial charge in [0.15, 0.2) is 0 Å². The summed E-state index contributed by atoms with van der Waals surface area (Å²) in [6.07, 6.45) is 2.27. The lowest BCUT2D eigenvalue weighted by molar-refractivity contribution is -0.116. The van der Waals surface area contributed by atoms with E-state index in [-0.39, 0.29) is 17.9 Å². The van der Waals surface area contributed by atoms with Crippen molar-refractivity contribution in [2.75, 3.05) is 5.32 Å². The first-order valence-corrected chi connectivity index (χ1v) is 8.82. The largest absolute Gasteiger partial charge is 0.457 e. The molecule has 4 rings (SSSR count). The summed E-state index contributed by atoms with van der Waals surface area (Å²) < 4.78 is 7.81. The molecule has 132 valence electrons. The Hall–Kier alpha value is -3.08. The van der Waals surface area contributed by atoms with Crippen LogP contribution in [-0.2, 0) is 4.79 Å². The van der Waals surface area contributed by atoms with Gasteiger partial charge in [-0.3, -0.25) is 4.79 Å². The number of fused-ring (bicyclic) bond motifs is 1. The molecule has 0 radical (unpaired) electrons. The third-order valence-electron chi connectivity index (χ3n) is 4.58. The Labute approximate surface area is 152 Å². The quantitative estimate of drug-likeness (QED) is 0.742. The van der Waals surface area contributed by atoms with Crippen molar-refractivity contribution in [2.45, 2.75) is 32.2 Å². The topological polar surface area (TPSA) is 56.2 Å². The molecular weight excluding hydrogens is 326 g/mol. The number of benzene rings is 2. The lowest BCUT2D eigenvalue weighted by Crippen LogP contribution is -2.25. The molecule has 1 amide bonds. The monoisotopic (exact) mass is 347 g/mol. The van der Waals surface area contributed by atoms with Crippen molar-refractivity contribution in [3.8, 4) is 11.5 Å². The molecule has 0 aliphatic carbocycles. The summed E-state index contributed by atoms with van der Waals surface area (Å²) in [7, 11) is 0. The van der Waals surface area contributed by atoms with Crippen LogP contribution in [0.25, 0.3) is 0 Å². The molecule has 2 heterocycles. The molecule has 0 bridgehead atoms. The Morgan fingerprint density at radius 2 is 1.88 bits per heavy atom. The van der Waals surface area contributed by atoms with Gasteiger partial charge >= 0.3 is 0 Å². The van der Waals surface area contributed by atoms with Gasteiger partial charge in [-0.25, -0.2) is 4.68 Å². The number of nitrogens with one attached hydrogen (secondary N) is 1. The van der Waals surface area contributed by atoms with Gasteiger partial charge in [0.2, 0.25) is 5.91 Å². The molecule has 0 saturated heterocycles. The minimum atomic E-state index is -0.0226. The number of hydrogen-bond donors (Lipinski definition) is 1. The van der Waals surface area contributed by atoms with Gasteiger partial charge in [0.05, 0.1) is 6.20 Å². The number of nitrogens with zero attached hydrogens (tertiary/aromatic N) is 2. The van der Waals surface area contributed by atoms with Crippen LogP contribution in [0.5, 0.6) is 11.5 Å². The average Bonchev–Trinajstić information content (AvgIpc) is 3.06. The summed E-state index contributed by atoms with van der Waals surface area (Å²) in [4.78, 5) is 12.3. The molecule has 1 N–H and O–H groups in total. The minimum Gasteiger partial charge on any atom is -0.457 e. The predicted octanol–water partition coefficient (Wildman–Crippen LogP) is 4.73. The molecule has 5 heteroatoms. The molecule has 3 aromatic rings. The highest BCUT2D eigenvalue weighted by Crippen LogP contribution is 2.39. The summed E-state index contributed by atoms with van der Waals surface area (Å²) in [6, 6.07) is 17.8. The summed E-state index contributed by atoms with van der Waals surface area (Å²) in [5.74, 6) is 2.34. The van der Waals surface area contributed by atoms with E-state index in [9.17, 15) is 4.79 Å². The number of para-hydroxylation sites is 1. The van der Waals surface area contributed by atoms with E-state index >= 15 is 0 Å². The second kappa shape index (κ2) is 6.67. The Morgan fingerprint density at radius 3 is 2.65 bits per heavy atom. The van der Waals surface area contributed by atoms with Crippen LogP contribution in [0.2, 0.25) is 0 Å². The van der Waals surface area contributed by atoms with Gasteiger partial charge in [-0.05, 0) is 43.7 Å². The van der Waals surface area contributed by atoms with Crippen molar-refractivity contribution in [1.82, 2.24) is 9.78 Å². The molecular formula is C21H21N3O2. The van der Waals surface area contributed by atoms with E-state index in [2.05, 4.69) is 24.3 Å². The molecule has 1 unspecified atom stereocenters. The van der Waals surface area contributed by atoms with E-state index in [1.807, 2.05) is 65.5 Å². The van der Waals surface area contributed by atoms with Gasteiger partial charge in [0.25, 0.3) is 0 Å². The summed E-state index contributed by atoms with van der Waals surface area (Å²) in [6.45, 7) is 4.11. The van der Waals surface area contributed by atoms with Crippen molar-refractivity contribution in [3.05, 3.63) is 71.9 Å². The lowest BCUT2D eigenvalue weighted by atomic mass is 9.87. The number of amides is 1. The Balaban J connectivity index is 1.68. The van der Waals surface area contributed by atoms with Crippen molar-refractivity contribution in [1.29, 1.82) is 0 Å². The highest BCUT2D eigenvalue weighted by Gasteiger charge is 2.30. The molecule has 1 atom stereocenters. The second-order valence-electron chi connectivity index (χ2n) is 6.78. The van der Waals surface area contributed by atoms with Gasteiger partial charge < -0.3 is 10.1 Å². The number of carbonyl (C=O) groups is 1. The summed E-state index contributed by atoms with van der Waals surface area (Å²) in [5, 5.41) is 7.44. The second-order valence-corrected chi connectivity index (χ2v) is 6.78. The fourth-order valence-corrected chi connectivity index (χ4v) is 3.35. The van der Waals surface area contributed by atoms with Gasteiger partial charge in [0, 0.05) is 23.9 Å². The third-order valence-corrected chi connectivity index (χ3v) is 4.58. The van der Waals surface area contributed by atoms with E-state index in [1.54, 1.807) is 0 Å². The maximum Gasteiger partial charge on any atom is 0.226 e. The van der Waals surface area contributed by atoms with Crippen molar-refractivity contribution in [3.63, 3.8) is 0 Å². The van der Waals surface area contributed by atoms with Crippen LogP contribution in [-0.4, -0.2) is 15.7 Å². The first kappa shape index (κ1) is 16.4. The van der Waals surface area contributed by atoms with E-state index in [4.69, 9.17) is 4.74 Å². The van der Waals surface area contributed by atoms with Crippen LogP contribution in [0, 0.1) is 0 Å². The molecule has 0 saturated carbocycles. The van der Waals surface area contributed by atoms with Crippen LogP contribution in [0.15, 0.2) is 60.8 Å². The standard InChI is InChI=1S/C21H21N3O2/c1-14(2)24-21-19(13-22-24)18(12-20(25)23-21)15-7-6-10-17(11-15)26-16-8-4-3-5-9-16/h3-11,13-14,18H,12H2,1-2H3,(H,23,25). The normalized spacial score (nSPS) is 16.3. The number of hydrogen-bond acceptors (Lipinski definition) is 3. The van der Waals surface area contributed by atoms with Crippen molar-refractivity contribution >= 4 is 11.7 Å². The molecule has 1 aliphatic heterocycles. The fraction of sp³-hybridized carbons (Fsp3) is 0.238. The van der Waals surface area contributed by atoms with Gasteiger partial charge in [-0.1, -0.05) is 30.3 Å². The Kier molecular flexibility index (Phi) is 4.21. The zero-order chi connectivity index (χ0) is 18.1. The summed E-state index contributed by atoms with van der Waals surface area (Å²) in [5.41, 5.74) is 2.10. The molecule has 0 spiro atoms. The first-order chi connectivity index (χ1) is 12.6.